The van der Waals surface area contributed by atoms with Gasteiger partial charge in [0, 0.05) is 15.6 Å². The summed E-state index contributed by atoms with van der Waals surface area (Å²) in [4.78, 5) is 0. The Hall–Kier alpha value is -3.00. The molecule has 0 fully saturated rings. The molecule has 1 N–H and O–H groups in total. The van der Waals surface area contributed by atoms with Crippen LogP contribution in [0.2, 0.25) is 10.0 Å². The highest BCUT2D eigenvalue weighted by molar-refractivity contribution is 6.35. The first-order chi connectivity index (χ1) is 13.7. The predicted molar refractivity (Wildman–Crippen MR) is 113 cm³/mol. The fourth-order valence-electron chi connectivity index (χ4n) is 2.47. The van der Waals surface area contributed by atoms with Gasteiger partial charge in [-0.25, -0.2) is 0 Å². The van der Waals surface area contributed by atoms with Crippen LogP contribution in [-0.4, -0.2) is 6.21 Å². The number of hydrogen-bond donors (Lipinski definition) is 1. The van der Waals surface area contributed by atoms with Crippen molar-refractivity contribution in [2.45, 2.75) is 13.2 Å². The molecule has 6 heteroatoms. The van der Waals surface area contributed by atoms with Gasteiger partial charge in [-0.1, -0.05) is 53.5 Å². The zero-order valence-corrected chi connectivity index (χ0v) is 16.4. The second-order valence-corrected chi connectivity index (χ2v) is 6.78. The molecule has 0 heterocycles. The molecule has 0 bridgehead atoms. The third kappa shape index (κ3) is 5.50. The Morgan fingerprint density at radius 2 is 1.71 bits per heavy atom. The smallest absolute Gasteiger partial charge is 0.120 e. The van der Waals surface area contributed by atoms with Gasteiger partial charge in [-0.3, -0.25) is 0 Å². The number of rotatable bonds is 7. The van der Waals surface area contributed by atoms with Gasteiger partial charge in [0.15, 0.2) is 0 Å². The Bertz CT molecular complexity index is 991. The number of nitrogens with zero attached hydrogens (tertiary/aromatic N) is 2. The second-order valence-electron chi connectivity index (χ2n) is 5.96. The SMILES string of the molecule is N#Cc1ccc(COc2cccc(/C=N\NCc3c(Cl)cccc3Cl)c2)cc1. The van der Waals surface area contributed by atoms with Crippen molar-refractivity contribution in [1.82, 2.24) is 5.43 Å². The Kier molecular flexibility index (Phi) is 6.91. The van der Waals surface area contributed by atoms with E-state index in [4.69, 9.17) is 33.2 Å². The maximum absolute atomic E-state index is 8.84. The molecule has 0 spiro atoms. The lowest BCUT2D eigenvalue weighted by Crippen LogP contribution is -2.06. The van der Waals surface area contributed by atoms with Crippen molar-refractivity contribution in [2.75, 3.05) is 0 Å². The fourth-order valence-corrected chi connectivity index (χ4v) is 3.00. The molecule has 0 aliphatic carbocycles. The molecule has 28 heavy (non-hydrogen) atoms. The second kappa shape index (κ2) is 9.80. The Morgan fingerprint density at radius 3 is 2.43 bits per heavy atom. The van der Waals surface area contributed by atoms with Gasteiger partial charge in [-0.2, -0.15) is 10.4 Å². The van der Waals surface area contributed by atoms with Gasteiger partial charge in [0.2, 0.25) is 0 Å². The van der Waals surface area contributed by atoms with Gasteiger partial charge < -0.3 is 10.2 Å². The normalized spacial score (nSPS) is 10.6. The van der Waals surface area contributed by atoms with Crippen LogP contribution in [0.5, 0.6) is 5.75 Å². The maximum Gasteiger partial charge on any atom is 0.120 e. The summed E-state index contributed by atoms with van der Waals surface area (Å²) in [6.45, 7) is 0.861. The number of ether oxygens (including phenoxy) is 1. The molecule has 0 amide bonds. The van der Waals surface area contributed by atoms with E-state index in [1.807, 2.05) is 36.4 Å². The monoisotopic (exact) mass is 409 g/mol. The zero-order valence-electron chi connectivity index (χ0n) is 14.9. The van der Waals surface area contributed by atoms with Crippen LogP contribution in [0.3, 0.4) is 0 Å². The van der Waals surface area contributed by atoms with E-state index in [1.165, 1.54) is 0 Å². The van der Waals surface area contributed by atoms with E-state index in [0.29, 0.717) is 28.8 Å². The van der Waals surface area contributed by atoms with Gasteiger partial charge in [-0.05, 0) is 47.5 Å². The lowest BCUT2D eigenvalue weighted by atomic mass is 10.1. The number of benzene rings is 3. The van der Waals surface area contributed by atoms with E-state index < -0.39 is 0 Å². The van der Waals surface area contributed by atoms with E-state index in [-0.39, 0.29) is 0 Å². The van der Waals surface area contributed by atoms with Gasteiger partial charge >= 0.3 is 0 Å². The topological polar surface area (TPSA) is 57.4 Å². The lowest BCUT2D eigenvalue weighted by molar-refractivity contribution is 0.306. The molecule has 0 aliphatic heterocycles. The first-order valence-corrected chi connectivity index (χ1v) is 9.32. The quantitative estimate of drug-likeness (QED) is 0.409. The lowest BCUT2D eigenvalue weighted by Gasteiger charge is -2.07. The average Bonchev–Trinajstić information content (AvgIpc) is 2.72. The highest BCUT2D eigenvalue weighted by Crippen LogP contribution is 2.23. The van der Waals surface area contributed by atoms with Crippen molar-refractivity contribution in [3.05, 3.63) is 99.0 Å². The van der Waals surface area contributed by atoms with Crippen LogP contribution in [0.4, 0.5) is 0 Å². The third-order valence-corrected chi connectivity index (χ3v) is 4.68. The summed E-state index contributed by atoms with van der Waals surface area (Å²) in [5.74, 6) is 0.738. The van der Waals surface area contributed by atoms with Crippen molar-refractivity contribution < 1.29 is 4.74 Å². The van der Waals surface area contributed by atoms with E-state index in [2.05, 4.69) is 16.6 Å². The largest absolute Gasteiger partial charge is 0.489 e. The molecule has 3 rings (SSSR count). The van der Waals surface area contributed by atoms with Crippen LogP contribution in [0.1, 0.15) is 22.3 Å². The first-order valence-electron chi connectivity index (χ1n) is 8.56. The first kappa shape index (κ1) is 19.8. The van der Waals surface area contributed by atoms with Crippen LogP contribution in [-0.2, 0) is 13.2 Å². The molecule has 0 saturated carbocycles. The molecule has 0 aliphatic rings. The van der Waals surface area contributed by atoms with E-state index >= 15 is 0 Å². The van der Waals surface area contributed by atoms with Gasteiger partial charge in [0.1, 0.15) is 12.4 Å². The minimum absolute atomic E-state index is 0.426. The third-order valence-electron chi connectivity index (χ3n) is 3.97. The summed E-state index contributed by atoms with van der Waals surface area (Å²) in [5, 5.41) is 14.3. The number of hydrazone groups is 1. The Balaban J connectivity index is 1.55. The van der Waals surface area contributed by atoms with E-state index in [0.717, 1.165) is 22.4 Å². The van der Waals surface area contributed by atoms with E-state index in [9.17, 15) is 0 Å². The molecular formula is C22H17Cl2N3O. The number of nitrogens with one attached hydrogen (secondary N) is 1. The molecule has 0 saturated heterocycles. The van der Waals surface area contributed by atoms with Crippen molar-refractivity contribution in [3.8, 4) is 11.8 Å². The number of hydrogen-bond acceptors (Lipinski definition) is 4. The predicted octanol–water partition coefficient (Wildman–Crippen LogP) is 5.57. The Morgan fingerprint density at radius 1 is 1.00 bits per heavy atom. The summed E-state index contributed by atoms with van der Waals surface area (Å²) in [5.41, 5.74) is 6.29. The number of halogens is 2. The van der Waals surface area contributed by atoms with Crippen LogP contribution in [0.25, 0.3) is 0 Å². The summed E-state index contributed by atoms with van der Waals surface area (Å²) < 4.78 is 5.81. The van der Waals surface area contributed by atoms with Gasteiger partial charge in [0.25, 0.3) is 0 Å². The molecular weight excluding hydrogens is 393 g/mol. The highest BCUT2D eigenvalue weighted by Gasteiger charge is 2.04. The highest BCUT2D eigenvalue weighted by atomic mass is 35.5. The van der Waals surface area contributed by atoms with Crippen LogP contribution >= 0.6 is 23.2 Å². The van der Waals surface area contributed by atoms with Gasteiger partial charge in [0.05, 0.1) is 24.4 Å². The van der Waals surface area contributed by atoms with E-state index in [1.54, 1.807) is 36.5 Å². The molecule has 140 valence electrons. The van der Waals surface area contributed by atoms with Crippen molar-refractivity contribution in [2.24, 2.45) is 5.10 Å². The molecule has 0 aromatic heterocycles. The van der Waals surface area contributed by atoms with Crippen LogP contribution < -0.4 is 10.2 Å². The van der Waals surface area contributed by atoms with Crippen molar-refractivity contribution >= 4 is 29.4 Å². The van der Waals surface area contributed by atoms with Crippen molar-refractivity contribution in [3.63, 3.8) is 0 Å². The minimum atomic E-state index is 0.426. The fraction of sp³-hybridized carbons (Fsp3) is 0.0909. The molecule has 4 nitrogen and oxygen atoms in total. The van der Waals surface area contributed by atoms with Gasteiger partial charge in [-0.15, -0.1) is 0 Å². The molecule has 0 radical (unpaired) electrons. The summed E-state index contributed by atoms with van der Waals surface area (Å²) >= 11 is 12.3. The minimum Gasteiger partial charge on any atom is -0.489 e. The number of nitriles is 1. The van der Waals surface area contributed by atoms with Crippen LogP contribution in [0.15, 0.2) is 71.8 Å². The average molecular weight is 410 g/mol. The Labute approximate surface area is 174 Å². The molecule has 0 unspecified atom stereocenters. The summed E-state index contributed by atoms with van der Waals surface area (Å²) in [6, 6.07) is 22.4. The summed E-state index contributed by atoms with van der Waals surface area (Å²) in [6.07, 6.45) is 1.71. The zero-order chi connectivity index (χ0) is 19.8. The maximum atomic E-state index is 8.84. The summed E-state index contributed by atoms with van der Waals surface area (Å²) in [7, 11) is 0. The van der Waals surface area contributed by atoms with Crippen LogP contribution in [0, 0.1) is 11.3 Å². The molecule has 0 atom stereocenters. The van der Waals surface area contributed by atoms with Crippen molar-refractivity contribution in [1.29, 1.82) is 5.26 Å². The molecule has 3 aromatic rings. The standard InChI is InChI=1S/C22H17Cl2N3O/c23-21-5-2-6-22(24)20(21)14-27-26-13-18-3-1-4-19(11-18)28-15-17-9-7-16(12-25)8-10-17/h1-11,13,27H,14-15H2/b26-13-. The molecule has 3 aromatic carbocycles.